The lowest BCUT2D eigenvalue weighted by atomic mass is 9.83. The van der Waals surface area contributed by atoms with Crippen LogP contribution in [0.15, 0.2) is 30.3 Å². The van der Waals surface area contributed by atoms with Crippen molar-refractivity contribution in [1.82, 2.24) is 4.90 Å². The molecule has 5 heteroatoms. The lowest BCUT2D eigenvalue weighted by Gasteiger charge is -2.32. The number of amides is 1. The topological polar surface area (TPSA) is 59.0 Å². The normalized spacial score (nSPS) is 32.6. The van der Waals surface area contributed by atoms with Crippen LogP contribution in [0.25, 0.3) is 0 Å². The Kier molecular flexibility index (Phi) is 5.97. The molecule has 25 heavy (non-hydrogen) atoms. The molecule has 0 spiro atoms. The number of likely N-dealkylation sites (tertiary alicyclic amines) is 1. The number of methoxy groups -OCH3 is 1. The van der Waals surface area contributed by atoms with Gasteiger partial charge in [-0.15, -0.1) is 0 Å². The first-order chi connectivity index (χ1) is 12.1. The Hall–Kier alpha value is -1.59. The van der Waals surface area contributed by atoms with E-state index in [1.165, 1.54) is 12.7 Å². The Balaban J connectivity index is 1.50. The molecule has 1 aliphatic heterocycles. The predicted octanol–water partition coefficient (Wildman–Crippen LogP) is 3.32. The van der Waals surface area contributed by atoms with Gasteiger partial charge >= 0.3 is 6.09 Å². The summed E-state index contributed by atoms with van der Waals surface area (Å²) in [6, 6.07) is 10.3. The molecule has 1 unspecified atom stereocenters. The van der Waals surface area contributed by atoms with E-state index in [2.05, 4.69) is 30.3 Å². The third-order valence-electron chi connectivity index (χ3n) is 5.69. The lowest BCUT2D eigenvalue weighted by molar-refractivity contribution is -0.0252. The number of carbonyl (C=O) groups is 1. The Morgan fingerprint density at radius 1 is 1.20 bits per heavy atom. The first-order valence-electron chi connectivity index (χ1n) is 9.31. The van der Waals surface area contributed by atoms with Crippen LogP contribution in [0.4, 0.5) is 4.79 Å². The van der Waals surface area contributed by atoms with E-state index in [9.17, 15) is 9.90 Å². The summed E-state index contributed by atoms with van der Waals surface area (Å²) in [6.45, 7) is 2.31. The van der Waals surface area contributed by atoms with Crippen LogP contribution < -0.4 is 0 Å². The van der Waals surface area contributed by atoms with Gasteiger partial charge in [0, 0.05) is 6.04 Å². The first-order valence-corrected chi connectivity index (χ1v) is 9.31. The highest BCUT2D eigenvalue weighted by Gasteiger charge is 2.42. The zero-order chi connectivity index (χ0) is 17.8. The zero-order valence-electron chi connectivity index (χ0n) is 15.1. The van der Waals surface area contributed by atoms with E-state index in [1.54, 1.807) is 4.90 Å². The van der Waals surface area contributed by atoms with Crippen LogP contribution in [0.2, 0.25) is 0 Å². The van der Waals surface area contributed by atoms with E-state index < -0.39 is 6.10 Å². The van der Waals surface area contributed by atoms with Crippen molar-refractivity contribution in [3.8, 4) is 0 Å². The molecule has 1 aromatic carbocycles. The van der Waals surface area contributed by atoms with Crippen molar-refractivity contribution in [1.29, 1.82) is 0 Å². The molecule has 3 atom stereocenters. The lowest BCUT2D eigenvalue weighted by Crippen LogP contribution is -2.45. The molecule has 1 saturated heterocycles. The van der Waals surface area contributed by atoms with Crippen LogP contribution in [0, 0.1) is 0 Å². The number of ether oxygens (including phenoxy) is 2. The molecule has 5 nitrogen and oxygen atoms in total. The average Bonchev–Trinajstić information content (AvgIpc) is 2.93. The number of carbonyl (C=O) groups excluding carboxylic acids is 1. The molecule has 138 valence electrons. The molecule has 1 aliphatic carbocycles. The third-order valence-corrected chi connectivity index (χ3v) is 5.69. The fourth-order valence-electron chi connectivity index (χ4n) is 4.27. The summed E-state index contributed by atoms with van der Waals surface area (Å²) in [5.74, 6) is 0.615. The minimum Gasteiger partial charge on any atom is -0.453 e. The largest absolute Gasteiger partial charge is 0.453 e. The molecule has 2 fully saturated rings. The van der Waals surface area contributed by atoms with E-state index in [-0.39, 0.29) is 24.3 Å². The Morgan fingerprint density at radius 2 is 1.88 bits per heavy atom. The quantitative estimate of drug-likeness (QED) is 0.908. The van der Waals surface area contributed by atoms with Gasteiger partial charge < -0.3 is 14.6 Å². The van der Waals surface area contributed by atoms with Crippen LogP contribution >= 0.6 is 0 Å². The predicted molar refractivity (Wildman–Crippen MR) is 95.5 cm³/mol. The van der Waals surface area contributed by atoms with Crippen molar-refractivity contribution in [2.75, 3.05) is 13.7 Å². The van der Waals surface area contributed by atoms with Crippen molar-refractivity contribution < 1.29 is 19.4 Å². The highest BCUT2D eigenvalue weighted by Crippen LogP contribution is 2.34. The summed E-state index contributed by atoms with van der Waals surface area (Å²) in [5, 5.41) is 10.3. The number of rotatable bonds is 4. The van der Waals surface area contributed by atoms with Gasteiger partial charge in [0.05, 0.1) is 32.0 Å². The maximum Gasteiger partial charge on any atom is 0.410 e. The summed E-state index contributed by atoms with van der Waals surface area (Å²) in [5.41, 5.74) is 1.41. The second-order valence-corrected chi connectivity index (χ2v) is 7.31. The van der Waals surface area contributed by atoms with Crippen molar-refractivity contribution >= 4 is 6.09 Å². The average molecular weight is 347 g/mol. The van der Waals surface area contributed by atoms with Crippen LogP contribution in [-0.4, -0.2) is 54.1 Å². The van der Waals surface area contributed by atoms with E-state index >= 15 is 0 Å². The van der Waals surface area contributed by atoms with Gasteiger partial charge in [-0.3, -0.25) is 4.90 Å². The summed E-state index contributed by atoms with van der Waals surface area (Å²) in [7, 11) is 1.38. The molecule has 3 rings (SSSR count). The number of benzene rings is 1. The first kappa shape index (κ1) is 18.2. The van der Waals surface area contributed by atoms with Gasteiger partial charge in [0.25, 0.3) is 0 Å². The molecule has 1 amide bonds. The Bertz CT molecular complexity index is 556. The fourth-order valence-corrected chi connectivity index (χ4v) is 4.27. The van der Waals surface area contributed by atoms with Gasteiger partial charge in [0.1, 0.15) is 0 Å². The molecular formula is C20H29NO4. The van der Waals surface area contributed by atoms with Gasteiger partial charge in [-0.25, -0.2) is 4.79 Å². The number of nitrogens with zero attached hydrogens (tertiary/aromatic N) is 1. The molecular weight excluding hydrogens is 318 g/mol. The van der Waals surface area contributed by atoms with Gasteiger partial charge in [-0.1, -0.05) is 30.3 Å². The number of aliphatic hydroxyl groups is 1. The van der Waals surface area contributed by atoms with Crippen LogP contribution in [0.3, 0.4) is 0 Å². The van der Waals surface area contributed by atoms with Gasteiger partial charge in [-0.2, -0.15) is 0 Å². The van der Waals surface area contributed by atoms with E-state index in [4.69, 9.17) is 9.47 Å². The molecule has 1 aromatic rings. The number of aliphatic hydroxyl groups excluding tert-OH is 1. The number of hydrogen-bond donors (Lipinski definition) is 1. The molecule has 1 N–H and O–H groups in total. The monoisotopic (exact) mass is 347 g/mol. The molecule has 0 bridgehead atoms. The van der Waals surface area contributed by atoms with E-state index in [0.717, 1.165) is 25.7 Å². The molecule has 0 aromatic heterocycles. The smallest absolute Gasteiger partial charge is 0.410 e. The van der Waals surface area contributed by atoms with Crippen molar-refractivity contribution in [2.45, 2.75) is 69.2 Å². The third kappa shape index (κ3) is 4.15. The highest BCUT2D eigenvalue weighted by molar-refractivity contribution is 5.69. The summed E-state index contributed by atoms with van der Waals surface area (Å²) < 4.78 is 10.9. The molecule has 0 radical (unpaired) electrons. The van der Waals surface area contributed by atoms with Crippen molar-refractivity contribution in [3.05, 3.63) is 35.9 Å². The van der Waals surface area contributed by atoms with Gasteiger partial charge in [-0.05, 0) is 50.5 Å². The highest BCUT2D eigenvalue weighted by atomic mass is 16.5. The Labute approximate surface area is 149 Å². The number of hydrogen-bond acceptors (Lipinski definition) is 4. The Morgan fingerprint density at radius 3 is 2.52 bits per heavy atom. The SMILES string of the molecule is COC(=O)N1[C@H](C)CC(O)[C@@H]1COC1CCC(c2ccccc2)CC1. The maximum atomic E-state index is 12.0. The maximum absolute atomic E-state index is 12.0. The minimum absolute atomic E-state index is 0.0233. The van der Waals surface area contributed by atoms with E-state index in [0.29, 0.717) is 18.9 Å². The van der Waals surface area contributed by atoms with Crippen LogP contribution in [0.1, 0.15) is 50.5 Å². The summed E-state index contributed by atoms with van der Waals surface area (Å²) >= 11 is 0. The zero-order valence-corrected chi connectivity index (χ0v) is 15.1. The van der Waals surface area contributed by atoms with Gasteiger partial charge in [0.15, 0.2) is 0 Å². The second-order valence-electron chi connectivity index (χ2n) is 7.31. The van der Waals surface area contributed by atoms with Crippen molar-refractivity contribution in [2.24, 2.45) is 0 Å². The molecule has 1 saturated carbocycles. The standard InChI is InChI=1S/C20H29NO4/c1-14-12-19(22)18(21(14)20(23)24-2)13-25-17-10-8-16(9-11-17)15-6-4-3-5-7-15/h3-7,14,16-19,22H,8-13H2,1-2H3/t14-,16?,17?,18+,19?/m1/s1. The van der Waals surface area contributed by atoms with Gasteiger partial charge in [0.2, 0.25) is 0 Å². The van der Waals surface area contributed by atoms with Crippen molar-refractivity contribution in [3.63, 3.8) is 0 Å². The molecule has 2 aliphatic rings. The minimum atomic E-state index is -0.547. The van der Waals surface area contributed by atoms with E-state index in [1.807, 2.05) is 6.92 Å². The second kappa shape index (κ2) is 8.19. The summed E-state index contributed by atoms with van der Waals surface area (Å²) in [4.78, 5) is 13.6. The van der Waals surface area contributed by atoms with Crippen LogP contribution in [-0.2, 0) is 9.47 Å². The molecule has 1 heterocycles. The van der Waals surface area contributed by atoms with Crippen LogP contribution in [0.5, 0.6) is 0 Å². The summed E-state index contributed by atoms with van der Waals surface area (Å²) in [6.07, 6.45) is 4.15. The fraction of sp³-hybridized carbons (Fsp3) is 0.650.